The number of anilines is 1. The van der Waals surface area contributed by atoms with Crippen LogP contribution in [0.4, 0.5) is 5.82 Å². The number of rotatable bonds is 3. The molecule has 0 radical (unpaired) electrons. The van der Waals surface area contributed by atoms with Crippen LogP contribution in [0, 0.1) is 6.92 Å². The molecule has 0 spiro atoms. The van der Waals surface area contributed by atoms with E-state index in [0.717, 1.165) is 0 Å². The zero-order valence-corrected chi connectivity index (χ0v) is 15.7. The van der Waals surface area contributed by atoms with Crippen molar-refractivity contribution in [3.05, 3.63) is 35.6 Å². The molecule has 5 rings (SSSR count). The number of ether oxygens (including phenoxy) is 1. The lowest BCUT2D eigenvalue weighted by Crippen LogP contribution is -2.37. The summed E-state index contributed by atoms with van der Waals surface area (Å²) in [7, 11) is 0. The number of halogens is 1. The third-order valence-corrected chi connectivity index (χ3v) is 4.66. The smallest absolute Gasteiger partial charge is 0.276 e. The fourth-order valence-corrected chi connectivity index (χ4v) is 3.28. The predicted molar refractivity (Wildman–Crippen MR) is 101 cm³/mol. The maximum Gasteiger partial charge on any atom is 0.276 e. The van der Waals surface area contributed by atoms with Crippen molar-refractivity contribution in [2.24, 2.45) is 0 Å². The summed E-state index contributed by atoms with van der Waals surface area (Å²) in [5, 5.41) is 4.25. The molecule has 11 heteroatoms. The van der Waals surface area contributed by atoms with Gasteiger partial charge in [-0.3, -0.25) is 4.57 Å². The Bertz CT molecular complexity index is 1140. The van der Waals surface area contributed by atoms with Gasteiger partial charge in [0, 0.05) is 25.5 Å². The first-order valence-corrected chi connectivity index (χ1v) is 9.07. The van der Waals surface area contributed by atoms with Gasteiger partial charge in [-0.25, -0.2) is 15.0 Å². The Kier molecular flexibility index (Phi) is 4.14. The maximum absolute atomic E-state index is 6.57. The van der Waals surface area contributed by atoms with E-state index in [1.165, 1.54) is 0 Å². The number of aromatic nitrogens is 7. The van der Waals surface area contributed by atoms with Crippen LogP contribution in [0.2, 0.25) is 5.02 Å². The highest BCUT2D eigenvalue weighted by Crippen LogP contribution is 2.32. The van der Waals surface area contributed by atoms with E-state index in [1.54, 1.807) is 36.3 Å². The van der Waals surface area contributed by atoms with Crippen LogP contribution in [0.25, 0.3) is 28.6 Å². The summed E-state index contributed by atoms with van der Waals surface area (Å²) in [5.74, 6) is 1.97. The van der Waals surface area contributed by atoms with Gasteiger partial charge in [-0.15, -0.1) is 0 Å². The molecule has 1 aliphatic rings. The van der Waals surface area contributed by atoms with Gasteiger partial charge >= 0.3 is 0 Å². The fourth-order valence-electron chi connectivity index (χ4n) is 3.04. The number of fused-ring (bicyclic) bond motifs is 1. The van der Waals surface area contributed by atoms with Crippen LogP contribution in [0.5, 0.6) is 0 Å². The van der Waals surface area contributed by atoms with Crippen molar-refractivity contribution >= 4 is 28.5 Å². The second-order valence-electron chi connectivity index (χ2n) is 6.25. The molecule has 10 nitrogen and oxygen atoms in total. The van der Waals surface area contributed by atoms with Crippen molar-refractivity contribution in [3.63, 3.8) is 0 Å². The molecular formula is C17H15ClN8O2. The maximum atomic E-state index is 6.57. The quantitative estimate of drug-likeness (QED) is 0.512. The summed E-state index contributed by atoms with van der Waals surface area (Å²) < 4.78 is 12.5. The van der Waals surface area contributed by atoms with Crippen LogP contribution >= 0.6 is 11.6 Å². The first-order chi connectivity index (χ1) is 13.7. The molecule has 0 saturated carbocycles. The molecule has 142 valence electrons. The van der Waals surface area contributed by atoms with E-state index in [-0.39, 0.29) is 0 Å². The Morgan fingerprint density at radius 1 is 1.07 bits per heavy atom. The van der Waals surface area contributed by atoms with E-state index < -0.39 is 0 Å². The average Bonchev–Trinajstić information content (AvgIpc) is 3.40. The van der Waals surface area contributed by atoms with Crippen molar-refractivity contribution in [2.75, 3.05) is 31.2 Å². The minimum absolute atomic E-state index is 0.299. The lowest BCUT2D eigenvalue weighted by Gasteiger charge is -2.28. The summed E-state index contributed by atoms with van der Waals surface area (Å²) >= 11 is 6.57. The Balaban J connectivity index is 1.74. The number of hydrogen-bond donors (Lipinski definition) is 0. The number of pyridine rings is 1. The Labute approximate surface area is 164 Å². The van der Waals surface area contributed by atoms with Crippen LogP contribution in [-0.2, 0) is 4.74 Å². The van der Waals surface area contributed by atoms with E-state index in [2.05, 4.69) is 25.0 Å². The molecule has 0 bridgehead atoms. The lowest BCUT2D eigenvalue weighted by molar-refractivity contribution is 0.122. The minimum Gasteiger partial charge on any atom is -0.378 e. The lowest BCUT2D eigenvalue weighted by atomic mass is 10.2. The molecule has 4 aromatic rings. The topological polar surface area (TPSA) is 108 Å². The highest BCUT2D eigenvalue weighted by atomic mass is 35.5. The second kappa shape index (κ2) is 6.80. The standard InChI is InChI=1S/C17H15ClN8O2/c1-10-20-16(28-24-10)12-8-11(18)13-14(21-12)15(25-4-6-27-7-5-25)23-17(22-13)26-3-2-19-9-26/h2-3,8-9H,4-7H2,1H3. The molecule has 5 heterocycles. The molecule has 1 aliphatic heterocycles. The molecule has 1 fully saturated rings. The Morgan fingerprint density at radius 3 is 2.64 bits per heavy atom. The monoisotopic (exact) mass is 398 g/mol. The van der Waals surface area contributed by atoms with Gasteiger partial charge in [0.25, 0.3) is 5.89 Å². The van der Waals surface area contributed by atoms with E-state index in [0.29, 0.717) is 71.5 Å². The Hall–Kier alpha value is -3.11. The van der Waals surface area contributed by atoms with Crippen molar-refractivity contribution in [2.45, 2.75) is 6.92 Å². The zero-order valence-electron chi connectivity index (χ0n) is 14.9. The van der Waals surface area contributed by atoms with Crippen molar-refractivity contribution in [1.82, 2.24) is 34.6 Å². The second-order valence-corrected chi connectivity index (χ2v) is 6.66. The van der Waals surface area contributed by atoms with Gasteiger partial charge in [0.05, 0.1) is 18.2 Å². The minimum atomic E-state index is 0.299. The molecule has 0 atom stereocenters. The number of morpholine rings is 1. The van der Waals surface area contributed by atoms with Gasteiger partial charge in [0.15, 0.2) is 11.6 Å². The van der Waals surface area contributed by atoms with Crippen molar-refractivity contribution < 1.29 is 9.26 Å². The molecule has 0 amide bonds. The van der Waals surface area contributed by atoms with Gasteiger partial charge in [0.1, 0.15) is 23.1 Å². The van der Waals surface area contributed by atoms with E-state index in [9.17, 15) is 0 Å². The van der Waals surface area contributed by atoms with Gasteiger partial charge in [-0.2, -0.15) is 9.97 Å². The SMILES string of the molecule is Cc1noc(-c2cc(Cl)c3nc(-n4ccnc4)nc(N4CCOCC4)c3n2)n1. The summed E-state index contributed by atoms with van der Waals surface area (Å²) in [5.41, 5.74) is 1.59. The van der Waals surface area contributed by atoms with Crippen molar-refractivity contribution in [3.8, 4) is 17.5 Å². The highest BCUT2D eigenvalue weighted by molar-refractivity contribution is 6.35. The highest BCUT2D eigenvalue weighted by Gasteiger charge is 2.22. The van der Waals surface area contributed by atoms with E-state index in [4.69, 9.17) is 30.8 Å². The number of nitrogens with zero attached hydrogens (tertiary/aromatic N) is 8. The molecule has 28 heavy (non-hydrogen) atoms. The number of imidazole rings is 1. The van der Waals surface area contributed by atoms with E-state index in [1.807, 2.05) is 0 Å². The fraction of sp³-hybridized carbons (Fsp3) is 0.294. The van der Waals surface area contributed by atoms with Gasteiger partial charge < -0.3 is 14.2 Å². The first kappa shape index (κ1) is 17.0. The third kappa shape index (κ3) is 2.96. The summed E-state index contributed by atoms with van der Waals surface area (Å²) in [6.07, 6.45) is 5.09. The third-order valence-electron chi connectivity index (χ3n) is 4.37. The summed E-state index contributed by atoms with van der Waals surface area (Å²) in [6, 6.07) is 1.67. The Morgan fingerprint density at radius 2 is 1.93 bits per heavy atom. The largest absolute Gasteiger partial charge is 0.378 e. The molecular weight excluding hydrogens is 384 g/mol. The molecule has 0 aromatic carbocycles. The molecule has 0 N–H and O–H groups in total. The molecule has 4 aromatic heterocycles. The van der Waals surface area contributed by atoms with Crippen molar-refractivity contribution in [1.29, 1.82) is 0 Å². The summed E-state index contributed by atoms with van der Waals surface area (Å²) in [6.45, 7) is 4.36. The zero-order chi connectivity index (χ0) is 19.1. The van der Waals surface area contributed by atoms with Gasteiger partial charge in [-0.1, -0.05) is 16.8 Å². The average molecular weight is 399 g/mol. The van der Waals surface area contributed by atoms with Crippen LogP contribution in [0.1, 0.15) is 5.82 Å². The van der Waals surface area contributed by atoms with Crippen LogP contribution in [-0.4, -0.2) is 60.9 Å². The van der Waals surface area contributed by atoms with E-state index >= 15 is 0 Å². The van der Waals surface area contributed by atoms with Crippen LogP contribution in [0.15, 0.2) is 29.3 Å². The molecule has 0 aliphatic carbocycles. The molecule has 0 unspecified atom stereocenters. The normalized spacial score (nSPS) is 14.7. The number of aryl methyl sites for hydroxylation is 1. The van der Waals surface area contributed by atoms with Gasteiger partial charge in [-0.05, 0) is 13.0 Å². The first-order valence-electron chi connectivity index (χ1n) is 8.69. The van der Waals surface area contributed by atoms with Gasteiger partial charge in [0.2, 0.25) is 5.95 Å². The van der Waals surface area contributed by atoms with Crippen LogP contribution in [0.3, 0.4) is 0 Å². The predicted octanol–water partition coefficient (Wildman–Crippen LogP) is 2.06. The summed E-state index contributed by atoms with van der Waals surface area (Å²) in [4.78, 5) is 24.5. The number of hydrogen-bond acceptors (Lipinski definition) is 9. The molecule has 1 saturated heterocycles. The van der Waals surface area contributed by atoms with Crippen LogP contribution < -0.4 is 4.90 Å².